The van der Waals surface area contributed by atoms with Crippen molar-refractivity contribution in [2.75, 3.05) is 6.54 Å². The number of aromatic nitrogens is 1. The molecule has 1 rings (SSSR count). The number of aryl methyl sites for hydroxylation is 1. The predicted octanol–water partition coefficient (Wildman–Crippen LogP) is 0.106. The molecule has 0 aliphatic carbocycles. The molecule has 0 aliphatic heterocycles. The van der Waals surface area contributed by atoms with Crippen LogP contribution in [-0.2, 0) is 16.1 Å². The zero-order valence-corrected chi connectivity index (χ0v) is 12.1. The van der Waals surface area contributed by atoms with Crippen LogP contribution in [0.4, 0.5) is 0 Å². The number of nitrogens with zero attached hydrogens (tertiary/aromatic N) is 1. The normalized spacial score (nSPS) is 12.1. The lowest BCUT2D eigenvalue weighted by Crippen LogP contribution is -2.47. The van der Waals surface area contributed by atoms with Gasteiger partial charge in [0.1, 0.15) is 0 Å². The summed E-state index contributed by atoms with van der Waals surface area (Å²) in [5.74, 6) is -0.515. The first-order valence-corrected chi connectivity index (χ1v) is 6.61. The monoisotopic (exact) mass is 278 g/mol. The topological polar surface area (TPSA) is 97.1 Å². The summed E-state index contributed by atoms with van der Waals surface area (Å²) in [6.45, 7) is 5.99. The van der Waals surface area contributed by atoms with Gasteiger partial charge in [-0.25, -0.2) is 0 Å². The minimum absolute atomic E-state index is 0.0394. The molecule has 1 aromatic rings. The zero-order chi connectivity index (χ0) is 15.1. The maximum absolute atomic E-state index is 11.6. The third-order valence-corrected chi connectivity index (χ3v) is 3.06. The molecular weight excluding hydrogens is 256 g/mol. The van der Waals surface area contributed by atoms with Gasteiger partial charge in [-0.05, 0) is 30.0 Å². The summed E-state index contributed by atoms with van der Waals surface area (Å²) in [5.41, 5.74) is 7.69. The minimum atomic E-state index is -0.592. The molecule has 0 saturated carbocycles. The Labute approximate surface area is 119 Å². The van der Waals surface area contributed by atoms with Crippen LogP contribution < -0.4 is 16.4 Å². The van der Waals surface area contributed by atoms with Crippen molar-refractivity contribution in [3.05, 3.63) is 29.6 Å². The molecule has 6 heteroatoms. The molecule has 110 valence electrons. The number of pyridine rings is 1. The summed E-state index contributed by atoms with van der Waals surface area (Å²) >= 11 is 0. The van der Waals surface area contributed by atoms with Crippen LogP contribution in [0.1, 0.15) is 25.0 Å². The van der Waals surface area contributed by atoms with Gasteiger partial charge in [0.05, 0.1) is 12.6 Å². The predicted molar refractivity (Wildman–Crippen MR) is 76.6 cm³/mol. The number of hydrogen-bond donors (Lipinski definition) is 3. The summed E-state index contributed by atoms with van der Waals surface area (Å²) in [6.07, 6.45) is 3.42. The second kappa shape index (κ2) is 7.59. The van der Waals surface area contributed by atoms with Crippen molar-refractivity contribution in [2.45, 2.75) is 33.4 Å². The van der Waals surface area contributed by atoms with Crippen LogP contribution in [0.25, 0.3) is 0 Å². The maximum atomic E-state index is 11.6. The largest absolute Gasteiger partial charge is 0.350 e. The highest BCUT2D eigenvalue weighted by Gasteiger charge is 2.17. The van der Waals surface area contributed by atoms with E-state index in [2.05, 4.69) is 15.6 Å². The number of nitrogens with one attached hydrogen (secondary N) is 2. The molecule has 1 aromatic heterocycles. The van der Waals surface area contributed by atoms with Crippen molar-refractivity contribution in [3.63, 3.8) is 0 Å². The number of rotatable bonds is 6. The third kappa shape index (κ3) is 4.97. The molecule has 20 heavy (non-hydrogen) atoms. The maximum Gasteiger partial charge on any atom is 0.239 e. The van der Waals surface area contributed by atoms with Crippen LogP contribution in [0, 0.1) is 12.8 Å². The standard InChI is InChI=1S/C14H22N4O2/c1-9(2)13(15)14(20)18-8-12(19)17-7-11-4-5-16-6-10(11)3/h4-6,9,13H,7-8,15H2,1-3H3,(H,17,19)(H,18,20)/t13-/m0/s1. The van der Waals surface area contributed by atoms with Gasteiger partial charge in [-0.3, -0.25) is 14.6 Å². The van der Waals surface area contributed by atoms with Crippen molar-refractivity contribution in [1.29, 1.82) is 0 Å². The molecule has 2 amide bonds. The van der Waals surface area contributed by atoms with E-state index < -0.39 is 6.04 Å². The van der Waals surface area contributed by atoms with E-state index in [1.807, 2.05) is 26.8 Å². The molecule has 4 N–H and O–H groups in total. The van der Waals surface area contributed by atoms with E-state index in [1.165, 1.54) is 0 Å². The smallest absolute Gasteiger partial charge is 0.239 e. The van der Waals surface area contributed by atoms with Gasteiger partial charge in [0, 0.05) is 18.9 Å². The molecule has 6 nitrogen and oxygen atoms in total. The molecule has 0 saturated heterocycles. The van der Waals surface area contributed by atoms with Gasteiger partial charge in [0.15, 0.2) is 0 Å². The lowest BCUT2D eigenvalue weighted by molar-refractivity contribution is -0.127. The lowest BCUT2D eigenvalue weighted by atomic mass is 10.1. The van der Waals surface area contributed by atoms with Crippen molar-refractivity contribution in [1.82, 2.24) is 15.6 Å². The van der Waals surface area contributed by atoms with E-state index in [4.69, 9.17) is 5.73 Å². The SMILES string of the molecule is Cc1cnccc1CNC(=O)CNC(=O)[C@@H](N)C(C)C. The Bertz CT molecular complexity index is 474. The average molecular weight is 278 g/mol. The van der Waals surface area contributed by atoms with Crippen LogP contribution in [0.15, 0.2) is 18.5 Å². The summed E-state index contributed by atoms with van der Waals surface area (Å²) in [7, 11) is 0. The molecule has 0 radical (unpaired) electrons. The molecule has 0 aliphatic rings. The van der Waals surface area contributed by atoms with E-state index >= 15 is 0 Å². The van der Waals surface area contributed by atoms with Gasteiger partial charge in [-0.15, -0.1) is 0 Å². The molecular formula is C14H22N4O2. The first kappa shape index (κ1) is 16.1. The Morgan fingerprint density at radius 3 is 2.65 bits per heavy atom. The van der Waals surface area contributed by atoms with Crippen molar-refractivity contribution < 1.29 is 9.59 Å². The van der Waals surface area contributed by atoms with Crippen LogP contribution in [0.5, 0.6) is 0 Å². The minimum Gasteiger partial charge on any atom is -0.350 e. The summed E-state index contributed by atoms with van der Waals surface area (Å²) < 4.78 is 0. The van der Waals surface area contributed by atoms with E-state index in [9.17, 15) is 9.59 Å². The molecule has 0 aromatic carbocycles. The number of carbonyl (C=O) groups is 2. The Kier molecular flexibility index (Phi) is 6.11. The van der Waals surface area contributed by atoms with Gasteiger partial charge < -0.3 is 16.4 Å². The third-order valence-electron chi connectivity index (χ3n) is 3.06. The van der Waals surface area contributed by atoms with E-state index in [0.717, 1.165) is 11.1 Å². The van der Waals surface area contributed by atoms with Gasteiger partial charge in [0.25, 0.3) is 0 Å². The fraction of sp³-hybridized carbons (Fsp3) is 0.500. The summed E-state index contributed by atoms with van der Waals surface area (Å²) in [5, 5.41) is 5.27. The second-order valence-electron chi connectivity index (χ2n) is 5.07. The second-order valence-corrected chi connectivity index (χ2v) is 5.07. The quantitative estimate of drug-likeness (QED) is 0.688. The van der Waals surface area contributed by atoms with Crippen LogP contribution in [-0.4, -0.2) is 29.4 Å². The number of nitrogens with two attached hydrogens (primary N) is 1. The van der Waals surface area contributed by atoms with Crippen LogP contribution in [0.2, 0.25) is 0 Å². The molecule has 1 heterocycles. The fourth-order valence-corrected chi connectivity index (χ4v) is 1.54. The molecule has 1 atom stereocenters. The lowest BCUT2D eigenvalue weighted by Gasteiger charge is -2.15. The van der Waals surface area contributed by atoms with Gasteiger partial charge >= 0.3 is 0 Å². The van der Waals surface area contributed by atoms with Crippen molar-refractivity contribution in [3.8, 4) is 0 Å². The zero-order valence-electron chi connectivity index (χ0n) is 12.1. The summed E-state index contributed by atoms with van der Waals surface area (Å²) in [4.78, 5) is 27.2. The van der Waals surface area contributed by atoms with E-state index in [-0.39, 0.29) is 24.3 Å². The average Bonchev–Trinajstić information content (AvgIpc) is 2.42. The fourth-order valence-electron chi connectivity index (χ4n) is 1.54. The Morgan fingerprint density at radius 1 is 1.35 bits per heavy atom. The Morgan fingerprint density at radius 2 is 2.05 bits per heavy atom. The molecule has 0 unspecified atom stereocenters. The van der Waals surface area contributed by atoms with Crippen LogP contribution in [0.3, 0.4) is 0 Å². The van der Waals surface area contributed by atoms with Crippen LogP contribution >= 0.6 is 0 Å². The first-order valence-electron chi connectivity index (χ1n) is 6.61. The van der Waals surface area contributed by atoms with E-state index in [1.54, 1.807) is 12.4 Å². The van der Waals surface area contributed by atoms with Crippen molar-refractivity contribution in [2.24, 2.45) is 11.7 Å². The number of carbonyl (C=O) groups excluding carboxylic acids is 2. The molecule has 0 spiro atoms. The van der Waals surface area contributed by atoms with Gasteiger partial charge in [-0.2, -0.15) is 0 Å². The first-order chi connectivity index (χ1) is 9.41. The molecule has 0 bridgehead atoms. The summed E-state index contributed by atoms with van der Waals surface area (Å²) in [6, 6.07) is 1.26. The highest BCUT2D eigenvalue weighted by molar-refractivity contribution is 5.87. The van der Waals surface area contributed by atoms with Crippen molar-refractivity contribution >= 4 is 11.8 Å². The highest BCUT2D eigenvalue weighted by Crippen LogP contribution is 2.03. The highest BCUT2D eigenvalue weighted by atomic mass is 16.2. The van der Waals surface area contributed by atoms with E-state index in [0.29, 0.717) is 6.54 Å². The van der Waals surface area contributed by atoms with Gasteiger partial charge in [-0.1, -0.05) is 13.8 Å². The number of amides is 2. The number of hydrogen-bond acceptors (Lipinski definition) is 4. The Hall–Kier alpha value is -1.95. The van der Waals surface area contributed by atoms with Gasteiger partial charge in [0.2, 0.25) is 11.8 Å². The molecule has 0 fully saturated rings. The Balaban J connectivity index is 2.35.